The predicted molar refractivity (Wildman–Crippen MR) is 77.2 cm³/mol. The summed E-state index contributed by atoms with van der Waals surface area (Å²) in [6.45, 7) is 3.79. The highest BCUT2D eigenvalue weighted by molar-refractivity contribution is 5.74. The Balaban J connectivity index is 1.92. The number of aryl methyl sites for hydroxylation is 1. The van der Waals surface area contributed by atoms with Crippen LogP contribution in [0.15, 0.2) is 36.8 Å². The topological polar surface area (TPSA) is 60.6 Å². The predicted octanol–water partition coefficient (Wildman–Crippen LogP) is 1.52. The number of hydrogen-bond donors (Lipinski definition) is 1. The number of fused-ring (bicyclic) bond motifs is 1. The van der Waals surface area contributed by atoms with E-state index in [4.69, 9.17) is 0 Å². The number of hydrogen-bond acceptors (Lipinski definition) is 4. The molecule has 0 saturated heterocycles. The molecule has 0 radical (unpaired) electrons. The van der Waals surface area contributed by atoms with Gasteiger partial charge < -0.3 is 9.88 Å². The molecule has 6 heteroatoms. The fraction of sp³-hybridized carbons (Fsp3) is 0.357. The van der Waals surface area contributed by atoms with E-state index in [1.807, 2.05) is 42.5 Å². The van der Waals surface area contributed by atoms with Crippen molar-refractivity contribution in [3.05, 3.63) is 42.5 Å². The van der Waals surface area contributed by atoms with E-state index in [2.05, 4.69) is 38.2 Å². The van der Waals surface area contributed by atoms with Crippen LogP contribution in [-0.2, 0) is 13.6 Å². The zero-order chi connectivity index (χ0) is 13.9. The molecule has 0 aliphatic carbocycles. The highest BCUT2D eigenvalue weighted by atomic mass is 15.4. The Morgan fingerprint density at radius 2 is 2.15 bits per heavy atom. The van der Waals surface area contributed by atoms with Crippen molar-refractivity contribution in [1.29, 1.82) is 0 Å². The van der Waals surface area contributed by atoms with Crippen LogP contribution in [-0.4, -0.2) is 31.1 Å². The maximum atomic E-state index is 4.43. The number of para-hydroxylation sites is 2. The van der Waals surface area contributed by atoms with Crippen LogP contribution in [0.3, 0.4) is 0 Å². The van der Waals surface area contributed by atoms with Gasteiger partial charge in [-0.05, 0) is 18.7 Å². The van der Waals surface area contributed by atoms with Gasteiger partial charge in [0, 0.05) is 13.6 Å². The Bertz CT molecular complexity index is 698. The molecule has 0 bridgehead atoms. The average Bonchev–Trinajstić information content (AvgIpc) is 3.05. The molecule has 3 rings (SSSR count). The zero-order valence-electron chi connectivity index (χ0n) is 11.7. The molecule has 1 N–H and O–H groups in total. The van der Waals surface area contributed by atoms with Gasteiger partial charge in [0.2, 0.25) is 0 Å². The summed E-state index contributed by atoms with van der Waals surface area (Å²) in [5, 5.41) is 11.5. The molecular formula is C14H18N6. The molecular weight excluding hydrogens is 252 g/mol. The van der Waals surface area contributed by atoms with Gasteiger partial charge in [-0.3, -0.25) is 4.68 Å². The fourth-order valence-electron chi connectivity index (χ4n) is 2.47. The first-order valence-corrected chi connectivity index (χ1v) is 6.77. The molecule has 0 saturated carbocycles. The maximum absolute atomic E-state index is 4.43. The summed E-state index contributed by atoms with van der Waals surface area (Å²) in [6, 6.07) is 8.32. The van der Waals surface area contributed by atoms with Crippen LogP contribution in [0.2, 0.25) is 0 Å². The molecule has 3 aromatic rings. The van der Waals surface area contributed by atoms with E-state index >= 15 is 0 Å². The van der Waals surface area contributed by atoms with Gasteiger partial charge in [-0.1, -0.05) is 24.3 Å². The largest absolute Gasteiger partial charge is 0.329 e. The quantitative estimate of drug-likeness (QED) is 0.763. The number of benzene rings is 1. The van der Waals surface area contributed by atoms with Crippen LogP contribution < -0.4 is 5.32 Å². The van der Waals surface area contributed by atoms with Crippen molar-refractivity contribution in [3.8, 4) is 0 Å². The van der Waals surface area contributed by atoms with E-state index in [9.17, 15) is 0 Å². The van der Waals surface area contributed by atoms with Gasteiger partial charge in [0.05, 0.1) is 35.3 Å². The van der Waals surface area contributed by atoms with Crippen molar-refractivity contribution in [3.63, 3.8) is 0 Å². The van der Waals surface area contributed by atoms with Crippen LogP contribution in [0.5, 0.6) is 0 Å². The minimum Gasteiger partial charge on any atom is -0.329 e. The Morgan fingerprint density at radius 1 is 1.30 bits per heavy atom. The van der Waals surface area contributed by atoms with Gasteiger partial charge in [-0.15, -0.1) is 5.10 Å². The summed E-state index contributed by atoms with van der Waals surface area (Å²) in [6.07, 6.45) is 3.70. The second-order valence-corrected chi connectivity index (χ2v) is 4.78. The van der Waals surface area contributed by atoms with Crippen molar-refractivity contribution in [2.24, 2.45) is 7.05 Å². The van der Waals surface area contributed by atoms with E-state index in [1.165, 1.54) is 0 Å². The second-order valence-electron chi connectivity index (χ2n) is 4.78. The van der Waals surface area contributed by atoms with E-state index in [0.29, 0.717) is 0 Å². The zero-order valence-corrected chi connectivity index (χ0v) is 11.7. The normalized spacial score (nSPS) is 12.9. The van der Waals surface area contributed by atoms with Gasteiger partial charge in [-0.2, -0.15) is 0 Å². The van der Waals surface area contributed by atoms with Gasteiger partial charge in [-0.25, -0.2) is 4.98 Å². The minimum absolute atomic E-state index is 0.164. The van der Waals surface area contributed by atoms with E-state index in [0.717, 1.165) is 29.8 Å². The van der Waals surface area contributed by atoms with Crippen molar-refractivity contribution in [2.75, 3.05) is 6.54 Å². The fourth-order valence-corrected chi connectivity index (χ4v) is 2.47. The summed E-state index contributed by atoms with van der Waals surface area (Å²) in [5.41, 5.74) is 3.24. The summed E-state index contributed by atoms with van der Waals surface area (Å²) < 4.78 is 3.97. The molecule has 6 nitrogen and oxygen atoms in total. The molecule has 1 aromatic carbocycles. The number of aromatic nitrogens is 5. The lowest BCUT2D eigenvalue weighted by atomic mass is 10.2. The summed E-state index contributed by atoms with van der Waals surface area (Å²) in [4.78, 5) is 4.43. The van der Waals surface area contributed by atoms with Gasteiger partial charge in [0.15, 0.2) is 0 Å². The van der Waals surface area contributed by atoms with Gasteiger partial charge in [0.1, 0.15) is 0 Å². The lowest BCUT2D eigenvalue weighted by Gasteiger charge is -2.18. The monoisotopic (exact) mass is 270 g/mol. The lowest BCUT2D eigenvalue weighted by Crippen LogP contribution is -2.27. The first-order chi connectivity index (χ1) is 9.79. The molecule has 0 amide bonds. The Kier molecular flexibility index (Phi) is 3.47. The van der Waals surface area contributed by atoms with Crippen LogP contribution in [0.25, 0.3) is 11.0 Å². The first-order valence-electron chi connectivity index (χ1n) is 6.77. The SMILES string of the molecule is CCNC(Cn1cnc2ccccc21)c1cnnn1C. The lowest BCUT2D eigenvalue weighted by molar-refractivity contribution is 0.452. The minimum atomic E-state index is 0.164. The van der Waals surface area contributed by atoms with Crippen molar-refractivity contribution in [2.45, 2.75) is 19.5 Å². The molecule has 0 spiro atoms. The number of imidazole rings is 1. The third-order valence-electron chi connectivity index (χ3n) is 3.46. The average molecular weight is 270 g/mol. The smallest absolute Gasteiger partial charge is 0.0958 e. The van der Waals surface area contributed by atoms with Crippen molar-refractivity contribution < 1.29 is 0 Å². The summed E-state index contributed by atoms with van der Waals surface area (Å²) in [5.74, 6) is 0. The highest BCUT2D eigenvalue weighted by Crippen LogP contribution is 2.18. The number of nitrogens with zero attached hydrogens (tertiary/aromatic N) is 5. The van der Waals surface area contributed by atoms with Crippen LogP contribution >= 0.6 is 0 Å². The van der Waals surface area contributed by atoms with Crippen molar-refractivity contribution >= 4 is 11.0 Å². The van der Waals surface area contributed by atoms with E-state index in [-0.39, 0.29) is 6.04 Å². The second kappa shape index (κ2) is 5.42. The van der Waals surface area contributed by atoms with Gasteiger partial charge in [0.25, 0.3) is 0 Å². The third-order valence-corrected chi connectivity index (χ3v) is 3.46. The molecule has 0 aliphatic rings. The van der Waals surface area contributed by atoms with Crippen LogP contribution in [0, 0.1) is 0 Å². The molecule has 1 atom stereocenters. The van der Waals surface area contributed by atoms with E-state index in [1.54, 1.807) is 0 Å². The summed E-state index contributed by atoms with van der Waals surface area (Å²) in [7, 11) is 1.92. The summed E-state index contributed by atoms with van der Waals surface area (Å²) >= 11 is 0. The van der Waals surface area contributed by atoms with Crippen LogP contribution in [0.1, 0.15) is 18.7 Å². The number of rotatable bonds is 5. The highest BCUT2D eigenvalue weighted by Gasteiger charge is 2.16. The molecule has 2 heterocycles. The van der Waals surface area contributed by atoms with Crippen molar-refractivity contribution in [1.82, 2.24) is 29.9 Å². The molecule has 20 heavy (non-hydrogen) atoms. The standard InChI is InChI=1S/C14H18N6/c1-3-15-12(14-8-17-18-19(14)2)9-20-10-16-11-6-4-5-7-13(11)20/h4-8,10,12,15H,3,9H2,1-2H3. The molecule has 104 valence electrons. The Morgan fingerprint density at radius 3 is 2.90 bits per heavy atom. The van der Waals surface area contributed by atoms with Crippen LogP contribution in [0.4, 0.5) is 0 Å². The Hall–Kier alpha value is -2.21. The first kappa shape index (κ1) is 12.8. The van der Waals surface area contributed by atoms with E-state index < -0.39 is 0 Å². The molecule has 1 unspecified atom stereocenters. The number of nitrogens with one attached hydrogen (secondary N) is 1. The molecule has 0 fully saturated rings. The third kappa shape index (κ3) is 2.30. The molecule has 2 aromatic heterocycles. The maximum Gasteiger partial charge on any atom is 0.0958 e. The molecule has 0 aliphatic heterocycles. The number of likely N-dealkylation sites (N-methyl/N-ethyl adjacent to an activating group) is 1. The van der Waals surface area contributed by atoms with Gasteiger partial charge >= 0.3 is 0 Å². The Labute approximate surface area is 117 Å².